The molecule has 1 atom stereocenters. The third kappa shape index (κ3) is 5.17. The summed E-state index contributed by atoms with van der Waals surface area (Å²) in [7, 11) is 0. The van der Waals surface area contributed by atoms with Gasteiger partial charge in [0.15, 0.2) is 0 Å². The molecule has 142 valence electrons. The van der Waals surface area contributed by atoms with Gasteiger partial charge in [0.25, 0.3) is 0 Å². The Hall–Kier alpha value is -2.15. The average molecular weight is 363 g/mol. The van der Waals surface area contributed by atoms with Gasteiger partial charge in [0.2, 0.25) is 5.91 Å². The number of carbonyl (C=O) groups excluding carboxylic acids is 2. The van der Waals surface area contributed by atoms with Gasteiger partial charge in [-0.1, -0.05) is 6.07 Å². The van der Waals surface area contributed by atoms with Gasteiger partial charge in [-0.05, 0) is 37.5 Å². The number of hydrogen-bond donors (Lipinski definition) is 3. The quantitative estimate of drug-likeness (QED) is 0.651. The van der Waals surface area contributed by atoms with Crippen molar-refractivity contribution in [1.82, 2.24) is 10.6 Å². The summed E-state index contributed by atoms with van der Waals surface area (Å²) in [4.78, 5) is 27.3. The molecule has 3 amide bonds. The lowest BCUT2D eigenvalue weighted by atomic mass is 10.1. The molecule has 0 aromatic heterocycles. The Labute approximate surface area is 153 Å². The van der Waals surface area contributed by atoms with Gasteiger partial charge >= 0.3 is 6.03 Å². The molecule has 7 heteroatoms. The first-order valence-electron chi connectivity index (χ1n) is 9.55. The lowest BCUT2D eigenvalue weighted by Crippen LogP contribution is -3.12. The zero-order valence-corrected chi connectivity index (χ0v) is 15.1. The second-order valence-corrected chi connectivity index (χ2v) is 7.20. The molecule has 0 saturated carbocycles. The molecule has 3 N–H and O–H groups in total. The Bertz CT molecular complexity index is 634. The molecule has 1 aromatic carbocycles. The summed E-state index contributed by atoms with van der Waals surface area (Å²) in [5.74, 6) is -0.477. The molecule has 6 nitrogen and oxygen atoms in total. The van der Waals surface area contributed by atoms with Crippen molar-refractivity contribution in [3.8, 4) is 0 Å². The van der Waals surface area contributed by atoms with Crippen molar-refractivity contribution in [3.05, 3.63) is 30.1 Å². The molecule has 2 saturated heterocycles. The van der Waals surface area contributed by atoms with Gasteiger partial charge in [-0.2, -0.15) is 0 Å². The van der Waals surface area contributed by atoms with E-state index in [9.17, 15) is 14.0 Å². The predicted molar refractivity (Wildman–Crippen MR) is 97.7 cm³/mol. The van der Waals surface area contributed by atoms with Crippen LogP contribution in [0.15, 0.2) is 24.3 Å². The lowest BCUT2D eigenvalue weighted by Gasteiger charge is -2.23. The van der Waals surface area contributed by atoms with Crippen LogP contribution in [-0.4, -0.2) is 50.7 Å². The minimum atomic E-state index is -0.375. The van der Waals surface area contributed by atoms with E-state index in [0.29, 0.717) is 18.8 Å². The average Bonchev–Trinajstić information content (AvgIpc) is 3.00. The van der Waals surface area contributed by atoms with Crippen LogP contribution < -0.4 is 20.4 Å². The van der Waals surface area contributed by atoms with Gasteiger partial charge in [0.1, 0.15) is 5.82 Å². The van der Waals surface area contributed by atoms with Crippen LogP contribution >= 0.6 is 0 Å². The van der Waals surface area contributed by atoms with Crippen molar-refractivity contribution in [1.29, 1.82) is 0 Å². The van der Waals surface area contributed by atoms with E-state index in [2.05, 4.69) is 10.6 Å². The number of carbonyl (C=O) groups is 2. The lowest BCUT2D eigenvalue weighted by molar-refractivity contribution is -0.904. The van der Waals surface area contributed by atoms with E-state index in [0.717, 1.165) is 13.0 Å². The molecule has 0 bridgehead atoms. The molecule has 1 aromatic rings. The Morgan fingerprint density at radius 3 is 2.85 bits per heavy atom. The Kier molecular flexibility index (Phi) is 6.44. The van der Waals surface area contributed by atoms with E-state index in [1.54, 1.807) is 17.0 Å². The monoisotopic (exact) mass is 363 g/mol. The van der Waals surface area contributed by atoms with Crippen LogP contribution in [0.5, 0.6) is 0 Å². The number of quaternary nitrogens is 1. The van der Waals surface area contributed by atoms with Crippen molar-refractivity contribution in [3.63, 3.8) is 0 Å². The van der Waals surface area contributed by atoms with Crippen molar-refractivity contribution < 1.29 is 18.9 Å². The first-order chi connectivity index (χ1) is 12.6. The summed E-state index contributed by atoms with van der Waals surface area (Å²) in [5.41, 5.74) is 0.532. The highest BCUT2D eigenvalue weighted by Crippen LogP contribution is 2.22. The third-order valence-electron chi connectivity index (χ3n) is 5.13. The summed E-state index contributed by atoms with van der Waals surface area (Å²) in [6, 6.07) is 5.47. The zero-order valence-electron chi connectivity index (χ0n) is 15.1. The summed E-state index contributed by atoms with van der Waals surface area (Å²) in [6.07, 6.45) is 5.15. The Morgan fingerprint density at radius 1 is 1.27 bits per heavy atom. The molecule has 0 unspecified atom stereocenters. The topological polar surface area (TPSA) is 65.9 Å². The molecule has 26 heavy (non-hydrogen) atoms. The van der Waals surface area contributed by atoms with E-state index in [4.69, 9.17) is 0 Å². The van der Waals surface area contributed by atoms with Crippen LogP contribution in [0.4, 0.5) is 14.9 Å². The van der Waals surface area contributed by atoms with Gasteiger partial charge in [0, 0.05) is 31.6 Å². The van der Waals surface area contributed by atoms with E-state index < -0.39 is 0 Å². The predicted octanol–water partition coefficient (Wildman–Crippen LogP) is 0.689. The molecular formula is C19H28FN4O2+. The molecule has 2 fully saturated rings. The minimum Gasteiger partial charge on any atom is -0.338 e. The fourth-order valence-electron chi connectivity index (χ4n) is 3.78. The summed E-state index contributed by atoms with van der Waals surface area (Å²) in [5, 5.41) is 5.72. The van der Waals surface area contributed by atoms with E-state index >= 15 is 0 Å². The second kappa shape index (κ2) is 8.98. The molecule has 0 spiro atoms. The van der Waals surface area contributed by atoms with Crippen LogP contribution in [-0.2, 0) is 4.79 Å². The standard InChI is InChI=1S/C19H27FN4O2/c20-15-6-4-7-17(12-15)24-14-16(13-18(24)25)22-19(26)21-8-5-11-23-9-2-1-3-10-23/h4,6-7,12,16H,1-3,5,8-11,13-14H2,(H2,21,22,26)/p+1/t16-/m0/s1. The molecular weight excluding hydrogens is 335 g/mol. The highest BCUT2D eigenvalue weighted by Gasteiger charge is 2.31. The summed E-state index contributed by atoms with van der Waals surface area (Å²) in [6.45, 7) is 4.59. The van der Waals surface area contributed by atoms with Gasteiger partial charge in [0.05, 0.1) is 25.7 Å². The number of nitrogens with zero attached hydrogens (tertiary/aromatic N) is 1. The Balaban J connectivity index is 1.37. The highest BCUT2D eigenvalue weighted by atomic mass is 19.1. The van der Waals surface area contributed by atoms with Crippen LogP contribution in [0.3, 0.4) is 0 Å². The number of likely N-dealkylation sites (tertiary alicyclic amines) is 1. The number of anilines is 1. The van der Waals surface area contributed by atoms with Gasteiger partial charge in [-0.3, -0.25) is 4.79 Å². The molecule has 3 rings (SSSR count). The van der Waals surface area contributed by atoms with Gasteiger partial charge in [-0.15, -0.1) is 0 Å². The summed E-state index contributed by atoms with van der Waals surface area (Å²) >= 11 is 0. The van der Waals surface area contributed by atoms with Crippen LogP contribution in [0.2, 0.25) is 0 Å². The van der Waals surface area contributed by atoms with Crippen molar-refractivity contribution in [2.45, 2.75) is 38.1 Å². The third-order valence-corrected chi connectivity index (χ3v) is 5.13. The van der Waals surface area contributed by atoms with Crippen molar-refractivity contribution >= 4 is 17.6 Å². The first kappa shape index (κ1) is 18.6. The number of piperidine rings is 1. The highest BCUT2D eigenvalue weighted by molar-refractivity contribution is 5.96. The van der Waals surface area contributed by atoms with Crippen molar-refractivity contribution in [2.75, 3.05) is 37.6 Å². The number of nitrogens with one attached hydrogen (secondary N) is 3. The molecule has 0 aliphatic carbocycles. The van der Waals surface area contributed by atoms with Crippen LogP contribution in [0.25, 0.3) is 0 Å². The number of halogens is 1. The van der Waals surface area contributed by atoms with E-state index in [1.807, 2.05) is 0 Å². The first-order valence-corrected chi connectivity index (χ1v) is 9.55. The fourth-order valence-corrected chi connectivity index (χ4v) is 3.78. The maximum Gasteiger partial charge on any atom is 0.315 e. The molecule has 2 heterocycles. The number of hydrogen-bond acceptors (Lipinski definition) is 2. The zero-order chi connectivity index (χ0) is 18.4. The van der Waals surface area contributed by atoms with Crippen LogP contribution in [0.1, 0.15) is 32.1 Å². The van der Waals surface area contributed by atoms with E-state index in [-0.39, 0.29) is 30.2 Å². The van der Waals surface area contributed by atoms with Crippen molar-refractivity contribution in [2.24, 2.45) is 0 Å². The normalized spacial score (nSPS) is 21.0. The van der Waals surface area contributed by atoms with E-state index in [1.165, 1.54) is 49.4 Å². The minimum absolute atomic E-state index is 0.102. The molecule has 2 aliphatic heterocycles. The Morgan fingerprint density at radius 2 is 2.08 bits per heavy atom. The largest absolute Gasteiger partial charge is 0.338 e. The number of urea groups is 1. The molecule has 0 radical (unpaired) electrons. The maximum absolute atomic E-state index is 13.3. The number of rotatable bonds is 6. The summed E-state index contributed by atoms with van der Waals surface area (Å²) < 4.78 is 13.3. The maximum atomic E-state index is 13.3. The smallest absolute Gasteiger partial charge is 0.315 e. The molecule has 2 aliphatic rings. The van der Waals surface area contributed by atoms with Gasteiger partial charge in [-0.25, -0.2) is 9.18 Å². The second-order valence-electron chi connectivity index (χ2n) is 7.20. The number of benzene rings is 1. The SMILES string of the molecule is O=C(NCCC[NH+]1CCCCC1)N[C@H]1CC(=O)N(c2cccc(F)c2)C1. The number of amides is 3. The van der Waals surface area contributed by atoms with Gasteiger partial charge < -0.3 is 20.4 Å². The fraction of sp³-hybridized carbons (Fsp3) is 0.579. The van der Waals surface area contributed by atoms with Crippen LogP contribution in [0, 0.1) is 5.82 Å².